The molecule has 0 aliphatic carbocycles. The Morgan fingerprint density at radius 2 is 2.20 bits per heavy atom. The first-order valence-corrected chi connectivity index (χ1v) is 8.88. The molecule has 1 fully saturated rings. The van der Waals surface area contributed by atoms with E-state index in [0.717, 1.165) is 0 Å². The van der Waals surface area contributed by atoms with Gasteiger partial charge >= 0.3 is 0 Å². The van der Waals surface area contributed by atoms with E-state index in [2.05, 4.69) is 15.9 Å². The number of rotatable bonds is 3. The van der Waals surface area contributed by atoms with Gasteiger partial charge in [-0.1, -0.05) is 15.9 Å². The van der Waals surface area contributed by atoms with E-state index in [9.17, 15) is 12.8 Å². The minimum Gasteiger partial charge on any atom is -0.374 e. The predicted octanol–water partition coefficient (Wildman–Crippen LogP) is 2.31. The van der Waals surface area contributed by atoms with Crippen molar-refractivity contribution in [2.75, 3.05) is 18.5 Å². The van der Waals surface area contributed by atoms with Gasteiger partial charge in [0.15, 0.2) is 0 Å². The second-order valence-corrected chi connectivity index (χ2v) is 7.45. The number of sulfonamides is 1. The van der Waals surface area contributed by atoms with Crippen LogP contribution in [-0.4, -0.2) is 43.4 Å². The van der Waals surface area contributed by atoms with E-state index in [1.54, 1.807) is 13.8 Å². The monoisotopic (exact) mass is 365 g/mol. The highest BCUT2D eigenvalue weighted by atomic mass is 79.9. The second-order valence-electron chi connectivity index (χ2n) is 4.94. The fourth-order valence-electron chi connectivity index (χ4n) is 2.25. The minimum atomic E-state index is -3.64. The van der Waals surface area contributed by atoms with Gasteiger partial charge in [0.2, 0.25) is 10.0 Å². The van der Waals surface area contributed by atoms with Gasteiger partial charge in [-0.2, -0.15) is 4.31 Å². The zero-order valence-electron chi connectivity index (χ0n) is 11.3. The van der Waals surface area contributed by atoms with Gasteiger partial charge in [0.25, 0.3) is 0 Å². The summed E-state index contributed by atoms with van der Waals surface area (Å²) < 4.78 is 45.6. The van der Waals surface area contributed by atoms with Gasteiger partial charge in [-0.15, -0.1) is 0 Å². The van der Waals surface area contributed by atoms with Crippen LogP contribution in [0.5, 0.6) is 0 Å². The molecule has 112 valence electrons. The lowest BCUT2D eigenvalue weighted by molar-refractivity contribution is -0.0139. The largest absolute Gasteiger partial charge is 0.374 e. The van der Waals surface area contributed by atoms with Crippen molar-refractivity contribution < 1.29 is 17.5 Å². The summed E-state index contributed by atoms with van der Waals surface area (Å²) in [6, 6.07) is 3.50. The summed E-state index contributed by atoms with van der Waals surface area (Å²) >= 11 is 3.31. The van der Waals surface area contributed by atoms with Crippen LogP contribution in [0.2, 0.25) is 0 Å². The molecule has 0 aromatic heterocycles. The molecule has 1 aromatic carbocycles. The van der Waals surface area contributed by atoms with Gasteiger partial charge in [0.1, 0.15) is 5.82 Å². The molecular formula is C13H17BrFNO3S. The van der Waals surface area contributed by atoms with Gasteiger partial charge in [-0.05, 0) is 37.6 Å². The summed E-state index contributed by atoms with van der Waals surface area (Å²) in [5.41, 5.74) is 0.416. The highest BCUT2D eigenvalue weighted by molar-refractivity contribution is 9.09. The maximum absolute atomic E-state index is 13.1. The third kappa shape index (κ3) is 3.05. The maximum Gasteiger partial charge on any atom is 0.243 e. The van der Waals surface area contributed by atoms with Crippen molar-refractivity contribution >= 4 is 26.0 Å². The molecule has 0 N–H and O–H groups in total. The number of halogens is 2. The quantitative estimate of drug-likeness (QED) is 0.772. The van der Waals surface area contributed by atoms with E-state index < -0.39 is 15.8 Å². The van der Waals surface area contributed by atoms with E-state index in [4.69, 9.17) is 4.74 Å². The predicted molar refractivity (Wildman–Crippen MR) is 78.0 cm³/mol. The van der Waals surface area contributed by atoms with Crippen molar-refractivity contribution in [1.82, 2.24) is 4.31 Å². The highest BCUT2D eigenvalue weighted by Crippen LogP contribution is 2.25. The summed E-state index contributed by atoms with van der Waals surface area (Å²) in [5, 5.41) is 0.578. The van der Waals surface area contributed by atoms with Crippen molar-refractivity contribution in [2.45, 2.75) is 30.9 Å². The molecule has 0 spiro atoms. The Morgan fingerprint density at radius 1 is 1.50 bits per heavy atom. The van der Waals surface area contributed by atoms with Gasteiger partial charge < -0.3 is 4.74 Å². The standard InChI is InChI=1S/C13H17BrFNO3S/c1-9-5-11(15)3-4-13(9)20(17,18)16-7-12(6-14)19-8-10(16)2/h3-5,10,12H,6-8H2,1-2H3. The van der Waals surface area contributed by atoms with Crippen molar-refractivity contribution in [2.24, 2.45) is 0 Å². The van der Waals surface area contributed by atoms with Gasteiger partial charge in [-0.25, -0.2) is 12.8 Å². The van der Waals surface area contributed by atoms with Crippen LogP contribution < -0.4 is 0 Å². The first-order chi connectivity index (χ1) is 9.36. The van der Waals surface area contributed by atoms with E-state index in [1.807, 2.05) is 0 Å². The van der Waals surface area contributed by atoms with Crippen LogP contribution in [0, 0.1) is 12.7 Å². The van der Waals surface area contributed by atoms with Gasteiger partial charge in [0, 0.05) is 17.9 Å². The Hall–Kier alpha value is -0.500. The number of morpholine rings is 1. The first-order valence-electron chi connectivity index (χ1n) is 6.32. The number of nitrogens with zero attached hydrogens (tertiary/aromatic N) is 1. The van der Waals surface area contributed by atoms with Crippen LogP contribution >= 0.6 is 15.9 Å². The van der Waals surface area contributed by atoms with Crippen LogP contribution in [-0.2, 0) is 14.8 Å². The molecule has 2 unspecified atom stereocenters. The first kappa shape index (κ1) is 15.9. The fraction of sp³-hybridized carbons (Fsp3) is 0.538. The summed E-state index contributed by atoms with van der Waals surface area (Å²) in [5.74, 6) is -0.435. The average molecular weight is 366 g/mol. The van der Waals surface area contributed by atoms with Crippen molar-refractivity contribution in [3.8, 4) is 0 Å². The minimum absolute atomic E-state index is 0.154. The Morgan fingerprint density at radius 3 is 2.80 bits per heavy atom. The lowest BCUT2D eigenvalue weighted by Crippen LogP contribution is -2.51. The number of hydrogen-bond donors (Lipinski definition) is 0. The highest BCUT2D eigenvalue weighted by Gasteiger charge is 2.35. The average Bonchev–Trinajstić information content (AvgIpc) is 2.38. The Kier molecular flexibility index (Phi) is 4.84. The fourth-order valence-corrected chi connectivity index (χ4v) is 4.50. The molecule has 2 rings (SSSR count). The zero-order valence-corrected chi connectivity index (χ0v) is 13.7. The van der Waals surface area contributed by atoms with E-state index in [-0.39, 0.29) is 17.0 Å². The molecule has 1 aliphatic heterocycles. The molecule has 7 heteroatoms. The number of aryl methyl sites for hydroxylation is 1. The number of benzene rings is 1. The van der Waals surface area contributed by atoms with Gasteiger partial charge in [0.05, 0.1) is 17.6 Å². The molecule has 0 saturated carbocycles. The molecule has 0 radical (unpaired) electrons. The molecule has 1 heterocycles. The lowest BCUT2D eigenvalue weighted by Gasteiger charge is -2.36. The molecule has 2 atom stereocenters. The third-order valence-electron chi connectivity index (χ3n) is 3.34. The van der Waals surface area contributed by atoms with E-state index >= 15 is 0 Å². The summed E-state index contributed by atoms with van der Waals surface area (Å²) in [7, 11) is -3.64. The van der Waals surface area contributed by atoms with Crippen LogP contribution in [0.1, 0.15) is 12.5 Å². The Labute approximate surface area is 127 Å². The number of ether oxygens (including phenoxy) is 1. The molecule has 1 saturated heterocycles. The van der Waals surface area contributed by atoms with Crippen LogP contribution in [0.25, 0.3) is 0 Å². The Bertz CT molecular complexity index is 593. The lowest BCUT2D eigenvalue weighted by atomic mass is 10.2. The van der Waals surface area contributed by atoms with E-state index in [1.165, 1.54) is 22.5 Å². The normalized spacial score (nSPS) is 24.8. The molecule has 20 heavy (non-hydrogen) atoms. The SMILES string of the molecule is Cc1cc(F)ccc1S(=O)(=O)N1CC(CBr)OCC1C. The van der Waals surface area contributed by atoms with Gasteiger partial charge in [-0.3, -0.25) is 0 Å². The maximum atomic E-state index is 13.1. The molecule has 0 bridgehead atoms. The molecule has 1 aliphatic rings. The molecule has 0 amide bonds. The van der Waals surface area contributed by atoms with Crippen LogP contribution in [0.4, 0.5) is 4.39 Å². The number of alkyl halides is 1. The van der Waals surface area contributed by atoms with Crippen LogP contribution in [0.3, 0.4) is 0 Å². The van der Waals surface area contributed by atoms with E-state index in [0.29, 0.717) is 24.0 Å². The number of hydrogen-bond acceptors (Lipinski definition) is 3. The summed E-state index contributed by atoms with van der Waals surface area (Å²) in [6.07, 6.45) is -0.165. The summed E-state index contributed by atoms with van der Waals surface area (Å²) in [4.78, 5) is 0.154. The molecular weight excluding hydrogens is 349 g/mol. The summed E-state index contributed by atoms with van der Waals surface area (Å²) in [6.45, 7) is 4.06. The topological polar surface area (TPSA) is 46.6 Å². The smallest absolute Gasteiger partial charge is 0.243 e. The van der Waals surface area contributed by atoms with Crippen molar-refractivity contribution in [3.05, 3.63) is 29.6 Å². The van der Waals surface area contributed by atoms with Crippen molar-refractivity contribution in [3.63, 3.8) is 0 Å². The molecule has 1 aromatic rings. The zero-order chi connectivity index (χ0) is 14.9. The molecule has 4 nitrogen and oxygen atoms in total. The second kappa shape index (κ2) is 6.09. The Balaban J connectivity index is 2.38. The third-order valence-corrected chi connectivity index (χ3v) is 6.21. The van der Waals surface area contributed by atoms with Crippen LogP contribution in [0.15, 0.2) is 23.1 Å². The van der Waals surface area contributed by atoms with Crippen molar-refractivity contribution in [1.29, 1.82) is 0 Å².